The van der Waals surface area contributed by atoms with Crippen LogP contribution in [0.15, 0.2) is 189 Å². The summed E-state index contributed by atoms with van der Waals surface area (Å²) >= 11 is 0. The van der Waals surface area contributed by atoms with Crippen LogP contribution in [0.2, 0.25) is 0 Å². The smallest absolute Gasteiger partial charge is 0.343 e. The van der Waals surface area contributed by atoms with Crippen molar-refractivity contribution in [2.75, 3.05) is 60.0 Å². The third-order valence-electron chi connectivity index (χ3n) is 13.5. The van der Waals surface area contributed by atoms with Gasteiger partial charge in [0.2, 0.25) is 0 Å². The van der Waals surface area contributed by atoms with E-state index in [0.29, 0.717) is 127 Å². The molecule has 0 atom stereocenters. The lowest BCUT2D eigenvalue weighted by Gasteiger charge is -2.14. The molecule has 8 rings (SSSR count). The number of nitrogens with zero attached hydrogens (tertiary/aromatic N) is 2. The largest absolute Gasteiger partial charge is 0.494 e. The molecule has 88 heavy (non-hydrogen) atoms. The summed E-state index contributed by atoms with van der Waals surface area (Å²) in [6, 6.07) is 48.9. The van der Waals surface area contributed by atoms with E-state index in [1.54, 1.807) is 79.9 Å². The number of ether oxygens (including phenoxy) is 11. The zero-order valence-electron chi connectivity index (χ0n) is 49.4. The van der Waals surface area contributed by atoms with E-state index >= 15 is 0 Å². The van der Waals surface area contributed by atoms with Gasteiger partial charge in [-0.2, -0.15) is 0 Å². The summed E-state index contributed by atoms with van der Waals surface area (Å²) in [5.41, 5.74) is 6.47. The Morgan fingerprint density at radius 3 is 1.26 bits per heavy atom. The van der Waals surface area contributed by atoms with Crippen LogP contribution in [0.5, 0.6) is 40.2 Å². The van der Waals surface area contributed by atoms with Gasteiger partial charge in [0.05, 0.1) is 79.8 Å². The molecule has 7 aromatic carbocycles. The van der Waals surface area contributed by atoms with Crippen molar-refractivity contribution in [1.29, 1.82) is 0 Å². The number of carbonyl (C=O) groups is 4. The van der Waals surface area contributed by atoms with Gasteiger partial charge in [0, 0.05) is 36.5 Å². The predicted octanol–water partition coefficient (Wildman–Crippen LogP) is 13.9. The maximum atomic E-state index is 13.1. The van der Waals surface area contributed by atoms with Crippen LogP contribution in [-0.2, 0) is 41.8 Å². The van der Waals surface area contributed by atoms with Gasteiger partial charge >= 0.3 is 23.9 Å². The molecule has 0 aliphatic heterocycles. The Morgan fingerprint density at radius 2 is 0.795 bits per heavy atom. The Hall–Kier alpha value is -9.84. The fourth-order valence-corrected chi connectivity index (χ4v) is 8.76. The first kappa shape index (κ1) is 64.2. The predicted molar refractivity (Wildman–Crippen MR) is 333 cm³/mol. The molecule has 17 nitrogen and oxygen atoms in total. The fraction of sp³-hybridized carbons (Fsp3) is 0.268. The van der Waals surface area contributed by atoms with Gasteiger partial charge in [0.1, 0.15) is 60.1 Å². The maximum absolute atomic E-state index is 13.1. The third-order valence-corrected chi connectivity index (χ3v) is 13.5. The molecule has 17 heteroatoms. The SMILES string of the molecule is C=CC(=O)OCCCCCCOc1ccc(OC(=O)c2ccc(COc3cccc(-c4nc5ccc(OCCOCCOC)cc5nc4-c4cccc(OCc5ccc(C(=O)Oc6ccc(OCCCCCCOC(=O)C=C)cc6)cc5)c4)c3)cc2)cc1. The second kappa shape index (κ2) is 35.0. The van der Waals surface area contributed by atoms with E-state index < -0.39 is 23.9 Å². The van der Waals surface area contributed by atoms with Crippen molar-refractivity contribution >= 4 is 34.9 Å². The Bertz CT molecular complexity index is 3530. The van der Waals surface area contributed by atoms with E-state index in [1.807, 2.05) is 91.0 Å². The van der Waals surface area contributed by atoms with Crippen molar-refractivity contribution in [2.24, 2.45) is 0 Å². The molecule has 0 bridgehead atoms. The topological polar surface area (TPSA) is 196 Å². The fourth-order valence-electron chi connectivity index (χ4n) is 8.76. The van der Waals surface area contributed by atoms with Crippen LogP contribution in [0, 0.1) is 0 Å². The van der Waals surface area contributed by atoms with Gasteiger partial charge in [-0.15, -0.1) is 0 Å². The van der Waals surface area contributed by atoms with Crippen molar-refractivity contribution in [3.8, 4) is 62.8 Å². The number of hydrogen-bond donors (Lipinski definition) is 0. The second-order valence-corrected chi connectivity index (χ2v) is 20.0. The third kappa shape index (κ3) is 21.0. The van der Waals surface area contributed by atoms with E-state index in [2.05, 4.69) is 13.2 Å². The summed E-state index contributed by atoms with van der Waals surface area (Å²) in [6.45, 7) is 10.8. The standard InChI is InChI=1S/C71H72N2O15/c1-4-66(74)83-40-12-8-6-10-38-80-57-28-32-59(33-29-57)87-70(76)53-24-20-51(21-25-53)49-85-61-18-14-16-55(46-61)68-69(73-65-48-63(36-37-64(65)72-68)82-45-44-79-43-42-78-3)56-17-15-19-62(47-56)86-50-52-22-26-54(27-23-52)71(77)88-60-34-30-58(31-35-60)81-39-11-7-9-13-41-84-67(75)5-2/h4-5,14-37,46-48H,1-2,6-13,38-45,49-50H2,3H3. The molecule has 0 N–H and O–H groups in total. The first-order valence-corrected chi connectivity index (χ1v) is 29.3. The number of rotatable bonds is 37. The summed E-state index contributed by atoms with van der Waals surface area (Å²) in [4.78, 5) is 58.9. The monoisotopic (exact) mass is 1190 g/mol. The molecule has 0 fully saturated rings. The van der Waals surface area contributed by atoms with Crippen molar-refractivity contribution in [3.05, 3.63) is 211 Å². The van der Waals surface area contributed by atoms with E-state index in [0.717, 1.165) is 85.8 Å². The number of carbonyl (C=O) groups excluding carboxylic acids is 4. The molecular weight excluding hydrogens is 1120 g/mol. The number of benzene rings is 7. The van der Waals surface area contributed by atoms with Crippen LogP contribution < -0.4 is 33.2 Å². The van der Waals surface area contributed by atoms with Crippen LogP contribution in [-0.4, -0.2) is 93.8 Å². The highest BCUT2D eigenvalue weighted by atomic mass is 16.6. The Kier molecular flexibility index (Phi) is 25.5. The molecule has 0 amide bonds. The van der Waals surface area contributed by atoms with E-state index in [4.69, 9.17) is 62.1 Å². The number of methoxy groups -OCH3 is 1. The molecule has 0 aliphatic rings. The molecule has 0 spiro atoms. The van der Waals surface area contributed by atoms with Crippen LogP contribution in [0.25, 0.3) is 33.5 Å². The molecule has 0 radical (unpaired) electrons. The minimum absolute atomic E-state index is 0.221. The summed E-state index contributed by atoms with van der Waals surface area (Å²) in [6.07, 6.45) is 9.32. The average Bonchev–Trinajstić information content (AvgIpc) is 1.28. The molecule has 0 aliphatic carbocycles. The number of aromatic nitrogens is 2. The van der Waals surface area contributed by atoms with E-state index in [1.165, 1.54) is 0 Å². The lowest BCUT2D eigenvalue weighted by atomic mass is 10.0. The summed E-state index contributed by atoms with van der Waals surface area (Å²) in [5, 5.41) is 0. The normalized spacial score (nSPS) is 10.8. The minimum atomic E-state index is -0.496. The first-order chi connectivity index (χ1) is 43.1. The molecule has 1 aromatic heterocycles. The average molecular weight is 1190 g/mol. The number of hydrogen-bond acceptors (Lipinski definition) is 17. The minimum Gasteiger partial charge on any atom is -0.494 e. The molecular formula is C71H72N2O15. The quantitative estimate of drug-likeness (QED) is 0.0154. The van der Waals surface area contributed by atoms with Crippen LogP contribution >= 0.6 is 0 Å². The van der Waals surface area contributed by atoms with Crippen LogP contribution in [0.3, 0.4) is 0 Å². The first-order valence-electron chi connectivity index (χ1n) is 29.3. The van der Waals surface area contributed by atoms with Crippen LogP contribution in [0.1, 0.15) is 83.2 Å². The number of esters is 4. The van der Waals surface area contributed by atoms with Crippen LogP contribution in [0.4, 0.5) is 0 Å². The zero-order valence-corrected chi connectivity index (χ0v) is 49.4. The summed E-state index contributed by atoms with van der Waals surface area (Å²) in [5.74, 6) is 2.13. The molecule has 0 saturated carbocycles. The Morgan fingerprint density at radius 1 is 0.386 bits per heavy atom. The Labute approximate surface area is 512 Å². The number of unbranched alkanes of at least 4 members (excludes halogenated alkanes) is 6. The molecule has 8 aromatic rings. The summed E-state index contributed by atoms with van der Waals surface area (Å²) < 4.78 is 62.4. The highest BCUT2D eigenvalue weighted by molar-refractivity contribution is 5.92. The maximum Gasteiger partial charge on any atom is 0.343 e. The lowest BCUT2D eigenvalue weighted by Crippen LogP contribution is -2.10. The van der Waals surface area contributed by atoms with Crippen molar-refractivity contribution in [1.82, 2.24) is 9.97 Å². The van der Waals surface area contributed by atoms with Gasteiger partial charge < -0.3 is 52.1 Å². The van der Waals surface area contributed by atoms with Gasteiger partial charge in [0.25, 0.3) is 0 Å². The van der Waals surface area contributed by atoms with Gasteiger partial charge in [-0.25, -0.2) is 29.1 Å². The lowest BCUT2D eigenvalue weighted by molar-refractivity contribution is -0.138. The highest BCUT2D eigenvalue weighted by Crippen LogP contribution is 2.35. The highest BCUT2D eigenvalue weighted by Gasteiger charge is 2.17. The zero-order chi connectivity index (χ0) is 61.6. The van der Waals surface area contributed by atoms with Crippen molar-refractivity contribution < 1.29 is 71.3 Å². The van der Waals surface area contributed by atoms with E-state index in [9.17, 15) is 19.2 Å². The van der Waals surface area contributed by atoms with Gasteiger partial charge in [-0.05, 0) is 172 Å². The van der Waals surface area contributed by atoms with E-state index in [-0.39, 0.29) is 13.2 Å². The molecule has 456 valence electrons. The second-order valence-electron chi connectivity index (χ2n) is 20.0. The molecule has 0 unspecified atom stereocenters. The van der Waals surface area contributed by atoms with Crippen molar-refractivity contribution in [3.63, 3.8) is 0 Å². The molecule has 1 heterocycles. The number of fused-ring (bicyclic) bond motifs is 1. The Balaban J connectivity index is 0.864. The van der Waals surface area contributed by atoms with Gasteiger partial charge in [0.15, 0.2) is 0 Å². The molecule has 0 saturated heterocycles. The van der Waals surface area contributed by atoms with Gasteiger partial charge in [-0.3, -0.25) is 0 Å². The summed E-state index contributed by atoms with van der Waals surface area (Å²) in [7, 11) is 1.63. The van der Waals surface area contributed by atoms with Crippen molar-refractivity contribution in [2.45, 2.75) is 64.6 Å². The van der Waals surface area contributed by atoms with Gasteiger partial charge in [-0.1, -0.05) is 61.7 Å².